The molecular formula is C28H28ClFN6O4. The third-order valence-corrected chi connectivity index (χ3v) is 8.27. The van der Waals surface area contributed by atoms with Crippen LogP contribution in [0.25, 0.3) is 11.3 Å². The van der Waals surface area contributed by atoms with Crippen LogP contribution in [0.4, 0.5) is 9.18 Å². The van der Waals surface area contributed by atoms with E-state index in [9.17, 15) is 9.59 Å². The Kier molecular flexibility index (Phi) is 5.45. The lowest BCUT2D eigenvalue weighted by molar-refractivity contribution is 0.0221. The van der Waals surface area contributed by atoms with Gasteiger partial charge in [0.1, 0.15) is 5.60 Å². The highest BCUT2D eigenvalue weighted by molar-refractivity contribution is 6.28. The lowest BCUT2D eigenvalue weighted by Crippen LogP contribution is -2.40. The molecule has 12 heteroatoms. The zero-order valence-electron chi connectivity index (χ0n) is 22.4. The summed E-state index contributed by atoms with van der Waals surface area (Å²) < 4.78 is 27.7. The molecule has 7 rings (SSSR count). The lowest BCUT2D eigenvalue weighted by atomic mass is 9.86. The first kappa shape index (κ1) is 25.3. The SMILES string of the molecule is CC(C)(C)OC(=O)N1CCc2nc(Cl)nc(Oc3ncc4c(c3F)-c3[nH]c5c(c3CC4)C(=O)NCC53CC3)c2C1. The summed E-state index contributed by atoms with van der Waals surface area (Å²) in [6, 6.07) is 0. The van der Waals surface area contributed by atoms with Crippen LogP contribution in [-0.4, -0.2) is 55.5 Å². The Morgan fingerprint density at radius 3 is 2.67 bits per heavy atom. The van der Waals surface area contributed by atoms with Crippen molar-refractivity contribution in [2.24, 2.45) is 0 Å². The molecule has 0 aromatic carbocycles. The van der Waals surface area contributed by atoms with Gasteiger partial charge < -0.3 is 24.7 Å². The molecule has 1 saturated carbocycles. The molecule has 2 N–H and O–H groups in total. The summed E-state index contributed by atoms with van der Waals surface area (Å²) in [5.74, 6) is -0.995. The van der Waals surface area contributed by atoms with Crippen LogP contribution in [0.15, 0.2) is 6.20 Å². The van der Waals surface area contributed by atoms with E-state index in [1.165, 1.54) is 4.90 Å². The summed E-state index contributed by atoms with van der Waals surface area (Å²) in [5, 5.41) is 2.97. The zero-order chi connectivity index (χ0) is 28.0. The Labute approximate surface area is 234 Å². The van der Waals surface area contributed by atoms with Crippen LogP contribution in [0.1, 0.15) is 72.0 Å². The van der Waals surface area contributed by atoms with Gasteiger partial charge in [-0.2, -0.15) is 4.98 Å². The second-order valence-electron chi connectivity index (χ2n) is 11.9. The summed E-state index contributed by atoms with van der Waals surface area (Å²) in [4.78, 5) is 43.3. The van der Waals surface area contributed by atoms with Gasteiger partial charge >= 0.3 is 6.09 Å². The summed E-state index contributed by atoms with van der Waals surface area (Å²) in [7, 11) is 0. The molecule has 10 nitrogen and oxygen atoms in total. The standard InChI is InChI=1S/C28H28ClFN6O4/c1-27(2,3)40-26(38)36-9-6-16-15(11-36)23(35-25(29)33-16)39-24-19(30)17-13(10-31-24)4-5-14-18-21(34-20(14)17)28(7-8-28)12-32-22(18)37/h10,34H,4-9,11-12H2,1-3H3,(H,32,37). The molecule has 0 unspecified atom stereocenters. The molecule has 4 aliphatic rings. The van der Waals surface area contributed by atoms with Crippen LogP contribution in [0, 0.1) is 5.82 Å². The highest BCUT2D eigenvalue weighted by atomic mass is 35.5. The second-order valence-corrected chi connectivity index (χ2v) is 12.3. The smallest absolute Gasteiger partial charge is 0.410 e. The highest BCUT2D eigenvalue weighted by Gasteiger charge is 2.52. The number of carbonyl (C=O) groups is 2. The molecule has 0 saturated heterocycles. The largest absolute Gasteiger partial charge is 0.444 e. The number of halogens is 2. The highest BCUT2D eigenvalue weighted by Crippen LogP contribution is 2.53. The predicted octanol–water partition coefficient (Wildman–Crippen LogP) is 4.62. The topological polar surface area (TPSA) is 122 Å². The maximum absolute atomic E-state index is 16.2. The first-order chi connectivity index (χ1) is 19.0. The van der Waals surface area contributed by atoms with E-state index in [2.05, 4.69) is 25.3 Å². The van der Waals surface area contributed by atoms with Crippen LogP contribution in [0.2, 0.25) is 5.28 Å². The average molecular weight is 567 g/mol. The summed E-state index contributed by atoms with van der Waals surface area (Å²) in [5.41, 5.74) is 4.49. The van der Waals surface area contributed by atoms with Gasteiger partial charge in [-0.05, 0) is 69.2 Å². The van der Waals surface area contributed by atoms with Gasteiger partial charge in [0.25, 0.3) is 11.8 Å². The number of aryl methyl sites for hydroxylation is 1. The van der Waals surface area contributed by atoms with E-state index in [0.717, 1.165) is 29.7 Å². The number of fused-ring (bicyclic) bond motifs is 7. The molecule has 1 fully saturated rings. The molecule has 2 amide bonds. The van der Waals surface area contributed by atoms with Crippen molar-refractivity contribution in [2.75, 3.05) is 13.1 Å². The number of rotatable bonds is 2. The van der Waals surface area contributed by atoms with Crippen molar-refractivity contribution in [2.45, 2.75) is 70.4 Å². The molecule has 0 bridgehead atoms. The Morgan fingerprint density at radius 1 is 1.12 bits per heavy atom. The molecule has 2 aliphatic carbocycles. The minimum absolute atomic E-state index is 0.0349. The van der Waals surface area contributed by atoms with Gasteiger partial charge in [-0.1, -0.05) is 0 Å². The van der Waals surface area contributed by atoms with Gasteiger partial charge in [0.15, 0.2) is 5.82 Å². The van der Waals surface area contributed by atoms with Gasteiger partial charge in [0.05, 0.1) is 29.1 Å². The van der Waals surface area contributed by atoms with Crippen molar-refractivity contribution in [1.82, 2.24) is 30.2 Å². The Hall–Kier alpha value is -3.73. The molecule has 3 aromatic rings. The normalized spacial score (nSPS) is 18.3. The number of nitrogens with one attached hydrogen (secondary N) is 2. The molecule has 208 valence electrons. The Balaban J connectivity index is 1.25. The van der Waals surface area contributed by atoms with Crippen LogP contribution < -0.4 is 10.1 Å². The fraction of sp³-hybridized carbons (Fsp3) is 0.464. The van der Waals surface area contributed by atoms with Gasteiger partial charge in [-0.15, -0.1) is 0 Å². The number of amides is 2. The van der Waals surface area contributed by atoms with Crippen LogP contribution >= 0.6 is 11.6 Å². The van der Waals surface area contributed by atoms with E-state index in [0.29, 0.717) is 60.4 Å². The molecule has 3 aromatic heterocycles. The van der Waals surface area contributed by atoms with Crippen molar-refractivity contribution < 1.29 is 23.5 Å². The lowest BCUT2D eigenvalue weighted by Gasteiger charge is -2.31. The quantitative estimate of drug-likeness (QED) is 0.434. The van der Waals surface area contributed by atoms with Crippen molar-refractivity contribution in [3.8, 4) is 23.0 Å². The Morgan fingerprint density at radius 2 is 1.93 bits per heavy atom. The third-order valence-electron chi connectivity index (χ3n) is 8.10. The first-order valence-electron chi connectivity index (χ1n) is 13.5. The molecule has 40 heavy (non-hydrogen) atoms. The van der Waals surface area contributed by atoms with E-state index in [4.69, 9.17) is 21.1 Å². The van der Waals surface area contributed by atoms with E-state index >= 15 is 4.39 Å². The first-order valence-corrected chi connectivity index (χ1v) is 13.8. The number of hydrogen-bond donors (Lipinski definition) is 2. The van der Waals surface area contributed by atoms with Crippen LogP contribution in [0.5, 0.6) is 11.8 Å². The number of nitrogens with zero attached hydrogens (tertiary/aromatic N) is 4. The number of aromatic nitrogens is 4. The van der Waals surface area contributed by atoms with Gasteiger partial charge in [-0.3, -0.25) is 4.79 Å². The molecule has 2 aliphatic heterocycles. The summed E-state index contributed by atoms with van der Waals surface area (Å²) in [6.07, 6.45) is 4.68. The van der Waals surface area contributed by atoms with Gasteiger partial charge in [0, 0.05) is 42.4 Å². The fourth-order valence-corrected chi connectivity index (χ4v) is 6.14. The van der Waals surface area contributed by atoms with Gasteiger partial charge in [0.2, 0.25) is 11.2 Å². The van der Waals surface area contributed by atoms with Crippen LogP contribution in [-0.2, 0) is 36.0 Å². The van der Waals surface area contributed by atoms with E-state index in [1.54, 1.807) is 27.0 Å². The van der Waals surface area contributed by atoms with Crippen LogP contribution in [0.3, 0.4) is 0 Å². The monoisotopic (exact) mass is 566 g/mol. The maximum Gasteiger partial charge on any atom is 0.410 e. The van der Waals surface area contributed by atoms with E-state index in [1.807, 2.05) is 0 Å². The zero-order valence-corrected chi connectivity index (χ0v) is 23.2. The minimum Gasteiger partial charge on any atom is -0.444 e. The molecule has 5 heterocycles. The molecule has 1 spiro atoms. The maximum atomic E-state index is 16.2. The predicted molar refractivity (Wildman–Crippen MR) is 142 cm³/mol. The molecule has 0 radical (unpaired) electrons. The van der Waals surface area contributed by atoms with Gasteiger partial charge in [-0.25, -0.2) is 19.2 Å². The number of ether oxygens (including phenoxy) is 2. The molecule has 0 atom stereocenters. The number of carbonyl (C=O) groups excluding carboxylic acids is 2. The molecular weight excluding hydrogens is 539 g/mol. The van der Waals surface area contributed by atoms with Crippen molar-refractivity contribution >= 4 is 23.6 Å². The Bertz CT molecular complexity index is 1610. The van der Waals surface area contributed by atoms with E-state index in [-0.39, 0.29) is 34.9 Å². The summed E-state index contributed by atoms with van der Waals surface area (Å²) in [6.45, 7) is 6.50. The average Bonchev–Trinajstić information content (AvgIpc) is 3.56. The minimum atomic E-state index is -0.654. The second kappa shape index (κ2) is 8.63. The van der Waals surface area contributed by atoms with Crippen molar-refractivity contribution in [1.29, 1.82) is 0 Å². The van der Waals surface area contributed by atoms with E-state index < -0.39 is 17.5 Å². The number of pyridine rings is 1. The van der Waals surface area contributed by atoms with Crippen molar-refractivity contribution in [3.63, 3.8) is 0 Å². The third kappa shape index (κ3) is 4.01. The number of H-pyrrole nitrogens is 1. The summed E-state index contributed by atoms with van der Waals surface area (Å²) >= 11 is 6.20. The number of aromatic amines is 1. The number of hydrogen-bond acceptors (Lipinski definition) is 7. The van der Waals surface area contributed by atoms with Crippen molar-refractivity contribution in [3.05, 3.63) is 50.9 Å². The fourth-order valence-electron chi connectivity index (χ4n) is 5.96.